The molecular weight excluding hydrogens is 254 g/mol. The Morgan fingerprint density at radius 1 is 1.26 bits per heavy atom. The van der Waals surface area contributed by atoms with Crippen LogP contribution in [0.15, 0.2) is 6.07 Å². The van der Waals surface area contributed by atoms with E-state index in [1.807, 2.05) is 6.92 Å². The van der Waals surface area contributed by atoms with E-state index in [-0.39, 0.29) is 5.92 Å². The number of hydrogen-bond acceptors (Lipinski definition) is 2. The molecule has 0 fully saturated rings. The Bertz CT molecular complexity index is 482. The number of ether oxygens (including phenoxy) is 1. The predicted molar refractivity (Wildman–Crippen MR) is 86.2 cm³/mol. The molecule has 3 heteroatoms. The normalized spacial score (nSPS) is 14.0. The maximum absolute atomic E-state index is 5.80. The fourth-order valence-corrected chi connectivity index (χ4v) is 2.77. The third kappa shape index (κ3) is 3.27. The number of rotatable bonds is 5. The zero-order valence-electron chi connectivity index (χ0n) is 12.8. The number of hydrogen-bond donors (Lipinski definition) is 1. The van der Waals surface area contributed by atoms with E-state index in [0.29, 0.717) is 17.5 Å². The van der Waals surface area contributed by atoms with Gasteiger partial charge in [0.15, 0.2) is 0 Å². The largest absolute Gasteiger partial charge is 0.494 e. The second-order valence-electron chi connectivity index (χ2n) is 5.27. The molecule has 0 radical (unpaired) electrons. The van der Waals surface area contributed by atoms with Crippen molar-refractivity contribution in [3.05, 3.63) is 28.3 Å². The van der Waals surface area contributed by atoms with E-state index < -0.39 is 0 Å². The highest BCUT2D eigenvalue weighted by Gasteiger charge is 2.22. The summed E-state index contributed by atoms with van der Waals surface area (Å²) in [6.07, 6.45) is 0. The summed E-state index contributed by atoms with van der Waals surface area (Å²) in [7, 11) is 0. The van der Waals surface area contributed by atoms with Crippen molar-refractivity contribution in [1.82, 2.24) is 0 Å². The van der Waals surface area contributed by atoms with Crippen molar-refractivity contribution in [1.29, 1.82) is 0 Å². The van der Waals surface area contributed by atoms with Crippen LogP contribution in [0, 0.1) is 26.7 Å². The molecule has 0 aliphatic carbocycles. The third-order valence-electron chi connectivity index (χ3n) is 4.06. The molecule has 0 saturated heterocycles. The van der Waals surface area contributed by atoms with Crippen molar-refractivity contribution in [3.8, 4) is 5.75 Å². The maximum Gasteiger partial charge on any atom is 0.122 e. The average molecular weight is 279 g/mol. The van der Waals surface area contributed by atoms with E-state index in [1.54, 1.807) is 0 Å². The summed E-state index contributed by atoms with van der Waals surface area (Å²) in [5.74, 6) is 1.51. The SMILES string of the molecule is CCOc1cc(C)c(C(C)C(C)C(N)=S)c(C)c1C. The third-order valence-corrected chi connectivity index (χ3v) is 4.43. The Labute approximate surface area is 122 Å². The summed E-state index contributed by atoms with van der Waals surface area (Å²) < 4.78 is 5.69. The highest BCUT2D eigenvalue weighted by atomic mass is 32.1. The molecule has 1 aromatic carbocycles. The number of nitrogens with two attached hydrogens (primary N) is 1. The average Bonchev–Trinajstić information content (AvgIpc) is 2.34. The number of benzene rings is 1. The molecule has 0 aliphatic heterocycles. The highest BCUT2D eigenvalue weighted by molar-refractivity contribution is 7.80. The van der Waals surface area contributed by atoms with Crippen LogP contribution < -0.4 is 10.5 Å². The topological polar surface area (TPSA) is 35.2 Å². The van der Waals surface area contributed by atoms with Crippen LogP contribution in [-0.2, 0) is 0 Å². The lowest BCUT2D eigenvalue weighted by Crippen LogP contribution is -2.24. The molecule has 0 amide bonds. The molecule has 0 aliphatic rings. The quantitative estimate of drug-likeness (QED) is 0.826. The van der Waals surface area contributed by atoms with Crippen LogP contribution in [0.5, 0.6) is 5.75 Å². The highest BCUT2D eigenvalue weighted by Crippen LogP contribution is 2.35. The van der Waals surface area contributed by atoms with Crippen molar-refractivity contribution in [2.75, 3.05) is 6.61 Å². The van der Waals surface area contributed by atoms with Gasteiger partial charge in [0.25, 0.3) is 0 Å². The number of thiocarbonyl (C=S) groups is 1. The molecule has 19 heavy (non-hydrogen) atoms. The first kappa shape index (κ1) is 16.0. The zero-order valence-corrected chi connectivity index (χ0v) is 13.6. The molecule has 0 bridgehead atoms. The van der Waals surface area contributed by atoms with Crippen LogP contribution >= 0.6 is 12.2 Å². The van der Waals surface area contributed by atoms with E-state index in [9.17, 15) is 0 Å². The molecule has 0 saturated carbocycles. The molecular formula is C16H25NOS. The first-order valence-electron chi connectivity index (χ1n) is 6.84. The lowest BCUT2D eigenvalue weighted by Gasteiger charge is -2.25. The first-order valence-corrected chi connectivity index (χ1v) is 7.24. The van der Waals surface area contributed by atoms with Gasteiger partial charge in [-0.05, 0) is 61.9 Å². The van der Waals surface area contributed by atoms with Gasteiger partial charge in [0, 0.05) is 5.92 Å². The van der Waals surface area contributed by atoms with Gasteiger partial charge in [0.1, 0.15) is 5.75 Å². The molecule has 2 N–H and O–H groups in total. The van der Waals surface area contributed by atoms with Crippen LogP contribution in [0.25, 0.3) is 0 Å². The lowest BCUT2D eigenvalue weighted by molar-refractivity contribution is 0.337. The Morgan fingerprint density at radius 2 is 1.84 bits per heavy atom. The standard InChI is InChI=1S/C16H25NOS/c1-7-18-14-8-9(2)15(11(4)10(14)3)12(5)13(6)16(17)19/h8,12-13H,7H2,1-6H3,(H2,17,19). The maximum atomic E-state index is 5.80. The van der Waals surface area contributed by atoms with E-state index in [0.717, 1.165) is 5.75 Å². The van der Waals surface area contributed by atoms with Gasteiger partial charge in [0.05, 0.1) is 11.6 Å². The van der Waals surface area contributed by atoms with Gasteiger partial charge in [-0.1, -0.05) is 26.1 Å². The van der Waals surface area contributed by atoms with Gasteiger partial charge in [-0.2, -0.15) is 0 Å². The molecule has 1 aromatic rings. The van der Waals surface area contributed by atoms with Gasteiger partial charge in [0.2, 0.25) is 0 Å². The Kier molecular flexibility index (Phi) is 5.36. The van der Waals surface area contributed by atoms with Crippen LogP contribution in [0.4, 0.5) is 0 Å². The van der Waals surface area contributed by atoms with Gasteiger partial charge < -0.3 is 10.5 Å². The van der Waals surface area contributed by atoms with Crippen LogP contribution in [0.2, 0.25) is 0 Å². The van der Waals surface area contributed by atoms with Gasteiger partial charge in [-0.15, -0.1) is 0 Å². The summed E-state index contributed by atoms with van der Waals surface area (Å²) in [6.45, 7) is 13.4. The molecule has 106 valence electrons. The van der Waals surface area contributed by atoms with Crippen molar-refractivity contribution >= 4 is 17.2 Å². The van der Waals surface area contributed by atoms with Crippen LogP contribution in [0.3, 0.4) is 0 Å². The molecule has 1 rings (SSSR count). The Balaban J connectivity index is 3.30. The molecule has 0 heterocycles. The van der Waals surface area contributed by atoms with Crippen LogP contribution in [0.1, 0.15) is 48.9 Å². The Hall–Kier alpha value is -1.09. The van der Waals surface area contributed by atoms with E-state index in [2.05, 4.69) is 40.7 Å². The predicted octanol–water partition coefficient (Wildman–Crippen LogP) is 4.04. The number of aryl methyl sites for hydroxylation is 1. The van der Waals surface area contributed by atoms with Gasteiger partial charge >= 0.3 is 0 Å². The van der Waals surface area contributed by atoms with E-state index in [1.165, 1.54) is 22.3 Å². The lowest BCUT2D eigenvalue weighted by atomic mass is 9.82. The second-order valence-corrected chi connectivity index (χ2v) is 5.74. The van der Waals surface area contributed by atoms with E-state index >= 15 is 0 Å². The monoisotopic (exact) mass is 279 g/mol. The first-order chi connectivity index (χ1) is 8.81. The van der Waals surface area contributed by atoms with Crippen LogP contribution in [-0.4, -0.2) is 11.6 Å². The van der Waals surface area contributed by atoms with E-state index in [4.69, 9.17) is 22.7 Å². The fraction of sp³-hybridized carbons (Fsp3) is 0.562. The van der Waals surface area contributed by atoms with Gasteiger partial charge in [-0.25, -0.2) is 0 Å². The fourth-order valence-electron chi connectivity index (χ4n) is 2.57. The minimum atomic E-state index is 0.199. The van der Waals surface area contributed by atoms with Crippen molar-refractivity contribution in [2.24, 2.45) is 11.7 Å². The molecule has 2 nitrogen and oxygen atoms in total. The van der Waals surface area contributed by atoms with Crippen molar-refractivity contribution in [3.63, 3.8) is 0 Å². The Morgan fingerprint density at radius 3 is 2.32 bits per heavy atom. The molecule has 2 unspecified atom stereocenters. The minimum Gasteiger partial charge on any atom is -0.494 e. The summed E-state index contributed by atoms with van der Waals surface area (Å²) in [5, 5.41) is 0. The molecule has 0 aromatic heterocycles. The summed E-state index contributed by atoms with van der Waals surface area (Å²) in [5.41, 5.74) is 10.9. The van der Waals surface area contributed by atoms with Crippen molar-refractivity contribution in [2.45, 2.75) is 47.5 Å². The summed E-state index contributed by atoms with van der Waals surface area (Å²) in [6, 6.07) is 2.13. The second kappa shape index (κ2) is 6.38. The summed E-state index contributed by atoms with van der Waals surface area (Å²) in [4.78, 5) is 0.581. The summed E-state index contributed by atoms with van der Waals surface area (Å²) >= 11 is 5.13. The minimum absolute atomic E-state index is 0.199. The van der Waals surface area contributed by atoms with Gasteiger partial charge in [-0.3, -0.25) is 0 Å². The van der Waals surface area contributed by atoms with Crippen molar-refractivity contribution < 1.29 is 4.74 Å². The molecule has 2 atom stereocenters. The smallest absolute Gasteiger partial charge is 0.122 e. The zero-order chi connectivity index (χ0) is 14.7. The molecule has 0 spiro atoms.